The van der Waals surface area contributed by atoms with Crippen LogP contribution in [0.25, 0.3) is 0 Å². The maximum Gasteiger partial charge on any atom is 0.0693 e. The first-order valence-corrected chi connectivity index (χ1v) is 8.71. The maximum absolute atomic E-state index is 10.5. The predicted molar refractivity (Wildman–Crippen MR) is 81.2 cm³/mol. The van der Waals surface area contributed by atoms with Crippen LogP contribution in [0.15, 0.2) is 0 Å². The van der Waals surface area contributed by atoms with E-state index in [0.717, 1.165) is 31.2 Å². The molecule has 2 saturated carbocycles. The molecule has 2 rings (SSSR count). The Morgan fingerprint density at radius 1 is 1.05 bits per heavy atom. The van der Waals surface area contributed by atoms with Gasteiger partial charge >= 0.3 is 0 Å². The molecular weight excluding hydrogens is 234 g/mol. The molecule has 2 fully saturated rings. The number of hydrogen-bond donors (Lipinski definition) is 2. The zero-order chi connectivity index (χ0) is 13.5. The van der Waals surface area contributed by atoms with Gasteiger partial charge in [0, 0.05) is 6.04 Å². The Kier molecular flexibility index (Phi) is 6.66. The van der Waals surface area contributed by atoms with E-state index in [9.17, 15) is 5.11 Å². The average Bonchev–Trinajstić information content (AvgIpc) is 3.26. The average molecular weight is 267 g/mol. The minimum absolute atomic E-state index is 0.117. The molecular formula is C17H33NO. The highest BCUT2D eigenvalue weighted by atomic mass is 16.3. The van der Waals surface area contributed by atoms with Crippen molar-refractivity contribution in [2.24, 2.45) is 11.8 Å². The number of rotatable bonds is 9. The molecule has 0 amide bonds. The van der Waals surface area contributed by atoms with Crippen molar-refractivity contribution >= 4 is 0 Å². The van der Waals surface area contributed by atoms with Crippen molar-refractivity contribution in [3.05, 3.63) is 0 Å². The molecule has 0 aromatic rings. The van der Waals surface area contributed by atoms with E-state index in [-0.39, 0.29) is 6.10 Å². The van der Waals surface area contributed by atoms with Gasteiger partial charge in [-0.25, -0.2) is 0 Å². The summed E-state index contributed by atoms with van der Waals surface area (Å²) in [4.78, 5) is 0. The van der Waals surface area contributed by atoms with Gasteiger partial charge < -0.3 is 10.4 Å². The number of hydrogen-bond acceptors (Lipinski definition) is 2. The summed E-state index contributed by atoms with van der Waals surface area (Å²) in [7, 11) is 0. The van der Waals surface area contributed by atoms with Gasteiger partial charge in [0.25, 0.3) is 0 Å². The van der Waals surface area contributed by atoms with Crippen LogP contribution in [0.5, 0.6) is 0 Å². The summed E-state index contributed by atoms with van der Waals surface area (Å²) in [6, 6.07) is 0.349. The lowest BCUT2D eigenvalue weighted by Gasteiger charge is -2.30. The molecule has 0 aromatic carbocycles. The quantitative estimate of drug-likeness (QED) is 0.664. The topological polar surface area (TPSA) is 32.3 Å². The van der Waals surface area contributed by atoms with E-state index in [1.54, 1.807) is 0 Å². The molecule has 2 heteroatoms. The molecule has 112 valence electrons. The normalized spacial score (nSPS) is 24.3. The molecule has 0 aromatic heterocycles. The first-order valence-electron chi connectivity index (χ1n) is 8.71. The smallest absolute Gasteiger partial charge is 0.0693 e. The van der Waals surface area contributed by atoms with Crippen LogP contribution in [-0.4, -0.2) is 23.8 Å². The van der Waals surface area contributed by atoms with E-state index in [1.807, 2.05) is 0 Å². The lowest BCUT2D eigenvalue weighted by Crippen LogP contribution is -2.42. The fourth-order valence-corrected chi connectivity index (χ4v) is 3.50. The van der Waals surface area contributed by atoms with Crippen LogP contribution >= 0.6 is 0 Å². The molecule has 1 unspecified atom stereocenters. The number of nitrogens with one attached hydrogen (secondary N) is 1. The van der Waals surface area contributed by atoms with E-state index in [1.165, 1.54) is 57.8 Å². The molecule has 0 heterocycles. The van der Waals surface area contributed by atoms with Crippen molar-refractivity contribution < 1.29 is 5.11 Å². The van der Waals surface area contributed by atoms with E-state index >= 15 is 0 Å². The first kappa shape index (κ1) is 15.3. The monoisotopic (exact) mass is 267 g/mol. The molecule has 2 N–H and O–H groups in total. The largest absolute Gasteiger partial charge is 0.392 e. The SMILES string of the molecule is CCCNC(CC1CCCCC1)[C@@H](O)CCC1CC1. The van der Waals surface area contributed by atoms with Crippen molar-refractivity contribution in [1.29, 1.82) is 0 Å². The summed E-state index contributed by atoms with van der Waals surface area (Å²) in [5.41, 5.74) is 0. The molecule has 2 nitrogen and oxygen atoms in total. The summed E-state index contributed by atoms with van der Waals surface area (Å²) >= 11 is 0. The van der Waals surface area contributed by atoms with Crippen molar-refractivity contribution in [1.82, 2.24) is 5.32 Å². The van der Waals surface area contributed by atoms with Crippen LogP contribution < -0.4 is 5.32 Å². The zero-order valence-corrected chi connectivity index (χ0v) is 12.7. The van der Waals surface area contributed by atoms with Crippen LogP contribution in [0.4, 0.5) is 0 Å². The van der Waals surface area contributed by atoms with E-state index in [4.69, 9.17) is 0 Å². The second kappa shape index (κ2) is 8.26. The Balaban J connectivity index is 1.74. The first-order chi connectivity index (χ1) is 9.29. The Hall–Kier alpha value is -0.0800. The van der Waals surface area contributed by atoms with Gasteiger partial charge in [0.05, 0.1) is 6.10 Å². The predicted octanol–water partition coefficient (Wildman–Crippen LogP) is 3.88. The highest BCUT2D eigenvalue weighted by Crippen LogP contribution is 2.35. The zero-order valence-electron chi connectivity index (χ0n) is 12.7. The number of aliphatic hydroxyl groups is 1. The Labute approximate surface area is 119 Å². The lowest BCUT2D eigenvalue weighted by atomic mass is 9.83. The van der Waals surface area contributed by atoms with Crippen molar-refractivity contribution in [2.75, 3.05) is 6.54 Å². The standard InChI is InChI=1S/C17H33NO/c1-2-12-18-16(13-15-6-4-3-5-7-15)17(19)11-10-14-8-9-14/h14-19H,2-13H2,1H3/t16?,17-/m0/s1. The highest BCUT2D eigenvalue weighted by Gasteiger charge is 2.27. The van der Waals surface area contributed by atoms with Crippen LogP contribution in [0, 0.1) is 11.8 Å². The molecule has 2 aliphatic carbocycles. The van der Waals surface area contributed by atoms with Crippen LogP contribution in [0.1, 0.15) is 77.6 Å². The van der Waals surface area contributed by atoms with Crippen molar-refractivity contribution in [2.45, 2.75) is 89.7 Å². The maximum atomic E-state index is 10.5. The minimum atomic E-state index is -0.117. The Morgan fingerprint density at radius 3 is 2.42 bits per heavy atom. The number of aliphatic hydroxyl groups excluding tert-OH is 1. The van der Waals surface area contributed by atoms with Crippen molar-refractivity contribution in [3.8, 4) is 0 Å². The van der Waals surface area contributed by atoms with E-state index in [0.29, 0.717) is 6.04 Å². The summed E-state index contributed by atoms with van der Waals surface area (Å²) < 4.78 is 0. The molecule has 0 radical (unpaired) electrons. The van der Waals surface area contributed by atoms with Crippen molar-refractivity contribution in [3.63, 3.8) is 0 Å². The third-order valence-electron chi connectivity index (χ3n) is 5.00. The molecule has 2 aliphatic rings. The second-order valence-corrected chi connectivity index (χ2v) is 6.89. The second-order valence-electron chi connectivity index (χ2n) is 6.89. The van der Waals surface area contributed by atoms with Crippen LogP contribution in [0.3, 0.4) is 0 Å². The third-order valence-corrected chi connectivity index (χ3v) is 5.00. The molecule has 19 heavy (non-hydrogen) atoms. The summed E-state index contributed by atoms with van der Waals surface area (Å²) in [5, 5.41) is 14.1. The molecule has 0 spiro atoms. The highest BCUT2D eigenvalue weighted by molar-refractivity contribution is 4.83. The van der Waals surface area contributed by atoms with Gasteiger partial charge in [-0.1, -0.05) is 51.9 Å². The molecule has 2 atom stereocenters. The Morgan fingerprint density at radius 2 is 1.79 bits per heavy atom. The van der Waals surface area contributed by atoms with E-state index < -0.39 is 0 Å². The fraction of sp³-hybridized carbons (Fsp3) is 1.00. The van der Waals surface area contributed by atoms with Crippen LogP contribution in [0.2, 0.25) is 0 Å². The van der Waals surface area contributed by atoms with Gasteiger partial charge in [0.1, 0.15) is 0 Å². The third kappa shape index (κ3) is 5.83. The van der Waals surface area contributed by atoms with E-state index in [2.05, 4.69) is 12.2 Å². The summed E-state index contributed by atoms with van der Waals surface area (Å²) in [5.74, 6) is 1.80. The van der Waals surface area contributed by atoms with Gasteiger partial charge in [-0.05, 0) is 44.1 Å². The molecule has 0 aliphatic heterocycles. The van der Waals surface area contributed by atoms with Crippen LogP contribution in [-0.2, 0) is 0 Å². The molecule has 0 saturated heterocycles. The summed E-state index contributed by atoms with van der Waals surface area (Å²) in [6.07, 6.45) is 14.3. The minimum Gasteiger partial charge on any atom is -0.392 e. The van der Waals surface area contributed by atoms with Gasteiger partial charge in [-0.2, -0.15) is 0 Å². The van der Waals surface area contributed by atoms with Gasteiger partial charge in [0.15, 0.2) is 0 Å². The van der Waals surface area contributed by atoms with Gasteiger partial charge in [0.2, 0.25) is 0 Å². The Bertz CT molecular complexity index is 233. The molecule has 0 bridgehead atoms. The summed E-state index contributed by atoms with van der Waals surface area (Å²) in [6.45, 7) is 3.26. The van der Waals surface area contributed by atoms with Gasteiger partial charge in [-0.3, -0.25) is 0 Å². The lowest BCUT2D eigenvalue weighted by molar-refractivity contribution is 0.0970. The fourth-order valence-electron chi connectivity index (χ4n) is 3.50. The van der Waals surface area contributed by atoms with Gasteiger partial charge in [-0.15, -0.1) is 0 Å².